The molecule has 100 valence electrons. The zero-order valence-corrected chi connectivity index (χ0v) is 11.2. The van der Waals surface area contributed by atoms with Crippen molar-refractivity contribution in [1.29, 1.82) is 0 Å². The van der Waals surface area contributed by atoms with Crippen LogP contribution in [0.3, 0.4) is 0 Å². The van der Waals surface area contributed by atoms with Crippen LogP contribution < -0.4 is 0 Å². The second-order valence-corrected chi connectivity index (χ2v) is 4.72. The maximum atomic E-state index is 13.3. The maximum Gasteiger partial charge on any atom is 0.307 e. The molecule has 0 aliphatic heterocycles. The average molecular weight is 274 g/mol. The van der Waals surface area contributed by atoms with E-state index in [2.05, 4.69) is 0 Å². The number of carbonyl (C=O) groups is 1. The van der Waals surface area contributed by atoms with Gasteiger partial charge in [0.1, 0.15) is 5.82 Å². The van der Waals surface area contributed by atoms with Crippen LogP contribution in [0, 0.1) is 11.7 Å². The van der Waals surface area contributed by atoms with Crippen molar-refractivity contribution >= 4 is 17.6 Å². The molecule has 1 rings (SSSR count). The van der Waals surface area contributed by atoms with E-state index in [-0.39, 0.29) is 5.02 Å². The molecule has 0 fully saturated rings. The van der Waals surface area contributed by atoms with E-state index in [0.29, 0.717) is 19.6 Å². The van der Waals surface area contributed by atoms with Gasteiger partial charge < -0.3 is 5.11 Å². The summed E-state index contributed by atoms with van der Waals surface area (Å²) in [4.78, 5) is 12.8. The monoisotopic (exact) mass is 273 g/mol. The largest absolute Gasteiger partial charge is 0.481 e. The SMILES string of the molecule is CCN(Cc1ccc(Cl)c(F)c1)CC(C)C(=O)O. The van der Waals surface area contributed by atoms with E-state index in [9.17, 15) is 9.18 Å². The molecule has 1 atom stereocenters. The Morgan fingerprint density at radius 1 is 1.56 bits per heavy atom. The lowest BCUT2D eigenvalue weighted by Crippen LogP contribution is -2.31. The lowest BCUT2D eigenvalue weighted by molar-refractivity contribution is -0.141. The summed E-state index contributed by atoms with van der Waals surface area (Å²) in [7, 11) is 0. The highest BCUT2D eigenvalue weighted by Gasteiger charge is 2.15. The van der Waals surface area contributed by atoms with Crippen molar-refractivity contribution in [3.63, 3.8) is 0 Å². The van der Waals surface area contributed by atoms with Crippen molar-refractivity contribution in [3.8, 4) is 0 Å². The first-order valence-corrected chi connectivity index (χ1v) is 6.21. The fourth-order valence-electron chi connectivity index (χ4n) is 1.67. The Bertz CT molecular complexity index is 425. The van der Waals surface area contributed by atoms with Gasteiger partial charge in [0.25, 0.3) is 0 Å². The van der Waals surface area contributed by atoms with Crippen molar-refractivity contribution in [2.75, 3.05) is 13.1 Å². The standard InChI is InChI=1S/C13H17ClFNO2/c1-3-16(7-9(2)13(17)18)8-10-4-5-11(14)12(15)6-10/h4-6,9H,3,7-8H2,1-2H3,(H,17,18). The molecule has 0 radical (unpaired) electrons. The van der Waals surface area contributed by atoms with Crippen LogP contribution in [0.2, 0.25) is 5.02 Å². The highest BCUT2D eigenvalue weighted by molar-refractivity contribution is 6.30. The van der Waals surface area contributed by atoms with E-state index in [1.54, 1.807) is 13.0 Å². The van der Waals surface area contributed by atoms with Crippen LogP contribution in [-0.4, -0.2) is 29.1 Å². The summed E-state index contributed by atoms with van der Waals surface area (Å²) in [5.41, 5.74) is 0.788. The molecule has 5 heteroatoms. The number of halogens is 2. The maximum absolute atomic E-state index is 13.3. The summed E-state index contributed by atoms with van der Waals surface area (Å²) in [6.45, 7) is 5.27. The Hall–Kier alpha value is -1.13. The van der Waals surface area contributed by atoms with Crippen LogP contribution in [0.15, 0.2) is 18.2 Å². The van der Waals surface area contributed by atoms with Crippen molar-refractivity contribution < 1.29 is 14.3 Å². The van der Waals surface area contributed by atoms with Crippen molar-refractivity contribution in [2.24, 2.45) is 5.92 Å². The summed E-state index contributed by atoms with van der Waals surface area (Å²) in [6.07, 6.45) is 0. The molecule has 0 saturated carbocycles. The number of carboxylic acid groups (broad SMARTS) is 1. The van der Waals surface area contributed by atoms with Crippen LogP contribution in [-0.2, 0) is 11.3 Å². The Labute approximate surface area is 111 Å². The summed E-state index contributed by atoms with van der Waals surface area (Å²) in [6, 6.07) is 4.65. The van der Waals surface area contributed by atoms with E-state index in [4.69, 9.17) is 16.7 Å². The third-order valence-corrected chi connectivity index (χ3v) is 3.10. The van der Waals surface area contributed by atoms with Crippen LogP contribution in [0.25, 0.3) is 0 Å². The minimum Gasteiger partial charge on any atom is -0.481 e. The third kappa shape index (κ3) is 4.27. The van der Waals surface area contributed by atoms with E-state index in [1.807, 2.05) is 11.8 Å². The van der Waals surface area contributed by atoms with E-state index < -0.39 is 17.7 Å². The molecule has 0 heterocycles. The fourth-order valence-corrected chi connectivity index (χ4v) is 1.78. The Morgan fingerprint density at radius 2 is 2.22 bits per heavy atom. The molecule has 1 unspecified atom stereocenters. The van der Waals surface area contributed by atoms with Crippen molar-refractivity contribution in [3.05, 3.63) is 34.6 Å². The highest BCUT2D eigenvalue weighted by atomic mass is 35.5. The van der Waals surface area contributed by atoms with Crippen LogP contribution in [0.1, 0.15) is 19.4 Å². The number of rotatable bonds is 6. The number of hydrogen-bond donors (Lipinski definition) is 1. The number of aliphatic carboxylic acids is 1. The third-order valence-electron chi connectivity index (χ3n) is 2.79. The van der Waals surface area contributed by atoms with Gasteiger partial charge in [0, 0.05) is 13.1 Å². The van der Waals surface area contributed by atoms with E-state index >= 15 is 0 Å². The molecule has 0 spiro atoms. The van der Waals surface area contributed by atoms with Gasteiger partial charge in [0.05, 0.1) is 10.9 Å². The zero-order valence-electron chi connectivity index (χ0n) is 10.5. The Kier molecular flexibility index (Phi) is 5.56. The molecule has 3 nitrogen and oxygen atoms in total. The molecule has 1 aromatic rings. The summed E-state index contributed by atoms with van der Waals surface area (Å²) in [5.74, 6) is -1.71. The van der Waals surface area contributed by atoms with Gasteiger partial charge in [-0.05, 0) is 24.2 Å². The van der Waals surface area contributed by atoms with Crippen LogP contribution in [0.4, 0.5) is 4.39 Å². The number of nitrogens with zero attached hydrogens (tertiary/aromatic N) is 1. The van der Waals surface area contributed by atoms with E-state index in [0.717, 1.165) is 5.56 Å². The molecule has 0 bridgehead atoms. The molecule has 0 aliphatic rings. The van der Waals surface area contributed by atoms with Gasteiger partial charge in [-0.3, -0.25) is 9.69 Å². The van der Waals surface area contributed by atoms with Gasteiger partial charge in [-0.2, -0.15) is 0 Å². The number of carboxylic acids is 1. The topological polar surface area (TPSA) is 40.5 Å². The van der Waals surface area contributed by atoms with Gasteiger partial charge in [-0.15, -0.1) is 0 Å². The van der Waals surface area contributed by atoms with Gasteiger partial charge in [-0.25, -0.2) is 4.39 Å². The Morgan fingerprint density at radius 3 is 2.72 bits per heavy atom. The zero-order chi connectivity index (χ0) is 13.7. The van der Waals surface area contributed by atoms with E-state index in [1.165, 1.54) is 12.1 Å². The molecular formula is C13H17ClFNO2. The van der Waals surface area contributed by atoms with Gasteiger partial charge in [0.2, 0.25) is 0 Å². The van der Waals surface area contributed by atoms with Crippen LogP contribution in [0.5, 0.6) is 0 Å². The van der Waals surface area contributed by atoms with Crippen molar-refractivity contribution in [2.45, 2.75) is 20.4 Å². The molecule has 18 heavy (non-hydrogen) atoms. The predicted molar refractivity (Wildman–Crippen MR) is 69.2 cm³/mol. The molecule has 0 saturated heterocycles. The first-order chi connectivity index (χ1) is 8.43. The number of benzene rings is 1. The fraction of sp³-hybridized carbons (Fsp3) is 0.462. The Balaban J connectivity index is 2.67. The smallest absolute Gasteiger partial charge is 0.307 e. The predicted octanol–water partition coefficient (Wildman–Crippen LogP) is 3.02. The summed E-state index contributed by atoms with van der Waals surface area (Å²) >= 11 is 5.61. The first-order valence-electron chi connectivity index (χ1n) is 5.83. The summed E-state index contributed by atoms with van der Waals surface area (Å²) in [5, 5.41) is 8.97. The minimum absolute atomic E-state index is 0.0979. The normalized spacial score (nSPS) is 12.7. The molecule has 1 N–H and O–H groups in total. The molecular weight excluding hydrogens is 257 g/mol. The summed E-state index contributed by atoms with van der Waals surface area (Å²) < 4.78 is 13.3. The second-order valence-electron chi connectivity index (χ2n) is 4.32. The van der Waals surface area contributed by atoms with Gasteiger partial charge >= 0.3 is 5.97 Å². The second kappa shape index (κ2) is 6.71. The first kappa shape index (κ1) is 14.9. The highest BCUT2D eigenvalue weighted by Crippen LogP contribution is 2.17. The average Bonchev–Trinajstić information content (AvgIpc) is 2.32. The molecule has 0 aliphatic carbocycles. The molecule has 1 aromatic carbocycles. The molecule has 0 amide bonds. The van der Waals surface area contributed by atoms with Gasteiger partial charge in [0.15, 0.2) is 0 Å². The quantitative estimate of drug-likeness (QED) is 0.866. The minimum atomic E-state index is -0.823. The molecule has 0 aromatic heterocycles. The van der Waals surface area contributed by atoms with Gasteiger partial charge in [-0.1, -0.05) is 31.5 Å². The number of hydrogen-bond acceptors (Lipinski definition) is 2. The lowest BCUT2D eigenvalue weighted by Gasteiger charge is -2.22. The van der Waals surface area contributed by atoms with Crippen LogP contribution >= 0.6 is 11.6 Å². The van der Waals surface area contributed by atoms with Crippen molar-refractivity contribution in [1.82, 2.24) is 4.90 Å². The lowest BCUT2D eigenvalue weighted by atomic mass is 10.1.